The predicted molar refractivity (Wildman–Crippen MR) is 90.0 cm³/mol. The van der Waals surface area contributed by atoms with Crippen LogP contribution in [0.25, 0.3) is 0 Å². The molecule has 0 aliphatic carbocycles. The van der Waals surface area contributed by atoms with Crippen molar-refractivity contribution in [2.75, 3.05) is 13.1 Å². The van der Waals surface area contributed by atoms with Crippen LogP contribution in [-0.2, 0) is 6.54 Å². The predicted octanol–water partition coefficient (Wildman–Crippen LogP) is 2.13. The maximum atomic E-state index is 12.6. The Hall–Kier alpha value is -2.14. The quantitative estimate of drug-likeness (QED) is 0.940. The average Bonchev–Trinajstić information content (AvgIpc) is 3.03. The molecule has 1 unspecified atom stereocenters. The van der Waals surface area contributed by atoms with E-state index in [1.165, 1.54) is 5.56 Å². The molecule has 1 aliphatic rings. The van der Waals surface area contributed by atoms with E-state index in [-0.39, 0.29) is 11.9 Å². The number of nitrogens with two attached hydrogens (primary N) is 1. The molecule has 2 N–H and O–H groups in total. The van der Waals surface area contributed by atoms with Gasteiger partial charge in [-0.05, 0) is 31.2 Å². The number of aromatic nitrogens is 2. The summed E-state index contributed by atoms with van der Waals surface area (Å²) in [6, 6.07) is 10.3. The summed E-state index contributed by atoms with van der Waals surface area (Å²) in [4.78, 5) is 14.5. The van der Waals surface area contributed by atoms with Crippen molar-refractivity contribution in [2.24, 2.45) is 11.7 Å². The van der Waals surface area contributed by atoms with Crippen LogP contribution in [0.15, 0.2) is 42.7 Å². The fourth-order valence-corrected chi connectivity index (χ4v) is 3.14. The average molecular weight is 312 g/mol. The van der Waals surface area contributed by atoms with Gasteiger partial charge in [0.25, 0.3) is 5.91 Å². The van der Waals surface area contributed by atoms with Gasteiger partial charge in [0.15, 0.2) is 0 Å². The van der Waals surface area contributed by atoms with Crippen LogP contribution < -0.4 is 5.73 Å². The first-order chi connectivity index (χ1) is 11.1. The molecule has 1 aliphatic heterocycles. The van der Waals surface area contributed by atoms with Gasteiger partial charge in [-0.15, -0.1) is 0 Å². The molecule has 1 aromatic carbocycles. The first-order valence-electron chi connectivity index (χ1n) is 8.24. The number of nitrogens with zero attached hydrogens (tertiary/aromatic N) is 3. The molecule has 1 fully saturated rings. The molecule has 1 amide bonds. The molecule has 2 aromatic rings. The van der Waals surface area contributed by atoms with Gasteiger partial charge in [-0.2, -0.15) is 5.10 Å². The molecule has 0 bridgehead atoms. The third kappa shape index (κ3) is 3.79. The molecule has 0 spiro atoms. The van der Waals surface area contributed by atoms with E-state index in [2.05, 4.69) is 24.2 Å². The zero-order chi connectivity index (χ0) is 16.2. The van der Waals surface area contributed by atoms with E-state index < -0.39 is 0 Å². The van der Waals surface area contributed by atoms with E-state index in [0.29, 0.717) is 18.0 Å². The maximum absolute atomic E-state index is 12.6. The molecule has 1 aromatic heterocycles. The van der Waals surface area contributed by atoms with Crippen LogP contribution >= 0.6 is 0 Å². The second-order valence-electron chi connectivity index (χ2n) is 6.40. The zero-order valence-corrected chi connectivity index (χ0v) is 13.6. The Kier molecular flexibility index (Phi) is 4.76. The molecule has 0 saturated carbocycles. The van der Waals surface area contributed by atoms with Gasteiger partial charge in [-0.1, -0.05) is 30.3 Å². The fraction of sp³-hybridized carbons (Fsp3) is 0.444. The van der Waals surface area contributed by atoms with Crippen LogP contribution in [0.1, 0.15) is 35.7 Å². The molecule has 3 rings (SSSR count). The molecule has 0 radical (unpaired) electrons. The number of carbonyl (C=O) groups excluding carboxylic acids is 1. The third-order valence-corrected chi connectivity index (χ3v) is 4.64. The number of rotatable bonds is 4. The van der Waals surface area contributed by atoms with Crippen LogP contribution in [0.3, 0.4) is 0 Å². The number of hydrogen-bond donors (Lipinski definition) is 1. The Labute approximate surface area is 137 Å². The smallest absolute Gasteiger partial charge is 0.257 e. The molecule has 1 saturated heterocycles. The Bertz CT molecular complexity index is 642. The van der Waals surface area contributed by atoms with Gasteiger partial charge >= 0.3 is 0 Å². The Balaban J connectivity index is 1.61. The van der Waals surface area contributed by atoms with Crippen molar-refractivity contribution in [2.45, 2.75) is 32.4 Å². The summed E-state index contributed by atoms with van der Waals surface area (Å²) in [5, 5.41) is 4.32. The van der Waals surface area contributed by atoms with E-state index in [4.69, 9.17) is 5.73 Å². The minimum atomic E-state index is 0.0763. The van der Waals surface area contributed by atoms with Crippen LogP contribution in [0.2, 0.25) is 0 Å². The third-order valence-electron chi connectivity index (χ3n) is 4.64. The van der Waals surface area contributed by atoms with Crippen molar-refractivity contribution >= 4 is 5.91 Å². The lowest BCUT2D eigenvalue weighted by Gasteiger charge is -2.33. The number of benzene rings is 1. The van der Waals surface area contributed by atoms with Crippen molar-refractivity contribution in [3.8, 4) is 0 Å². The topological polar surface area (TPSA) is 64.2 Å². The molecule has 2 heterocycles. The summed E-state index contributed by atoms with van der Waals surface area (Å²) < 4.78 is 1.82. The Morgan fingerprint density at radius 1 is 1.30 bits per heavy atom. The maximum Gasteiger partial charge on any atom is 0.257 e. The highest BCUT2D eigenvalue weighted by Gasteiger charge is 2.26. The molecule has 23 heavy (non-hydrogen) atoms. The highest BCUT2D eigenvalue weighted by atomic mass is 16.2. The van der Waals surface area contributed by atoms with Crippen molar-refractivity contribution in [1.82, 2.24) is 14.7 Å². The Morgan fingerprint density at radius 3 is 2.65 bits per heavy atom. The number of amides is 1. The van der Waals surface area contributed by atoms with Crippen molar-refractivity contribution < 1.29 is 4.79 Å². The van der Waals surface area contributed by atoms with Gasteiger partial charge in [0.2, 0.25) is 0 Å². The van der Waals surface area contributed by atoms with Crippen molar-refractivity contribution in [1.29, 1.82) is 0 Å². The monoisotopic (exact) mass is 312 g/mol. The molecule has 5 heteroatoms. The van der Waals surface area contributed by atoms with Gasteiger partial charge in [0.1, 0.15) is 0 Å². The minimum Gasteiger partial charge on any atom is -0.339 e. The summed E-state index contributed by atoms with van der Waals surface area (Å²) >= 11 is 0. The first kappa shape index (κ1) is 15.7. The second-order valence-corrected chi connectivity index (χ2v) is 6.40. The molecule has 5 nitrogen and oxygen atoms in total. The number of hydrogen-bond acceptors (Lipinski definition) is 3. The standard InChI is InChI=1S/C18H24N4O/c1-14(19)16-7-9-21(10-8-16)18(23)17-11-20-22(13-17)12-15-5-3-2-4-6-15/h2-6,11,13-14,16H,7-10,12,19H2,1H3. The van der Waals surface area contributed by atoms with Gasteiger partial charge in [-0.3, -0.25) is 9.48 Å². The SMILES string of the molecule is CC(N)C1CCN(C(=O)c2cnn(Cc3ccccc3)c2)CC1. The van der Waals surface area contributed by atoms with E-state index >= 15 is 0 Å². The highest BCUT2D eigenvalue weighted by molar-refractivity contribution is 5.93. The largest absolute Gasteiger partial charge is 0.339 e. The summed E-state index contributed by atoms with van der Waals surface area (Å²) in [6.45, 7) is 4.31. The van der Waals surface area contributed by atoms with E-state index in [1.54, 1.807) is 6.20 Å². The van der Waals surface area contributed by atoms with E-state index in [1.807, 2.05) is 34.0 Å². The van der Waals surface area contributed by atoms with Crippen molar-refractivity contribution in [3.63, 3.8) is 0 Å². The van der Waals surface area contributed by atoms with Crippen molar-refractivity contribution in [3.05, 3.63) is 53.9 Å². The lowest BCUT2D eigenvalue weighted by atomic mass is 9.91. The lowest BCUT2D eigenvalue weighted by molar-refractivity contribution is 0.0681. The number of likely N-dealkylation sites (tertiary alicyclic amines) is 1. The van der Waals surface area contributed by atoms with E-state index in [9.17, 15) is 4.79 Å². The second kappa shape index (κ2) is 6.96. The Morgan fingerprint density at radius 2 is 2.00 bits per heavy atom. The van der Waals surface area contributed by atoms with Gasteiger partial charge in [-0.25, -0.2) is 0 Å². The molecular formula is C18H24N4O. The van der Waals surface area contributed by atoms with Crippen LogP contribution in [-0.4, -0.2) is 39.7 Å². The normalized spacial score (nSPS) is 17.2. The molecule has 122 valence electrons. The summed E-state index contributed by atoms with van der Waals surface area (Å²) in [5.41, 5.74) is 7.80. The van der Waals surface area contributed by atoms with Gasteiger partial charge < -0.3 is 10.6 Å². The minimum absolute atomic E-state index is 0.0763. The summed E-state index contributed by atoms with van der Waals surface area (Å²) in [6.07, 6.45) is 5.49. The first-order valence-corrected chi connectivity index (χ1v) is 8.24. The zero-order valence-electron chi connectivity index (χ0n) is 13.6. The van der Waals surface area contributed by atoms with Crippen LogP contribution in [0.4, 0.5) is 0 Å². The van der Waals surface area contributed by atoms with Gasteiger partial charge in [0.05, 0.1) is 18.3 Å². The van der Waals surface area contributed by atoms with Crippen LogP contribution in [0.5, 0.6) is 0 Å². The lowest BCUT2D eigenvalue weighted by Crippen LogP contribution is -2.42. The molecule has 1 atom stereocenters. The summed E-state index contributed by atoms with van der Waals surface area (Å²) in [5.74, 6) is 0.604. The number of carbonyl (C=O) groups is 1. The van der Waals surface area contributed by atoms with Crippen LogP contribution in [0, 0.1) is 5.92 Å². The van der Waals surface area contributed by atoms with Gasteiger partial charge in [0, 0.05) is 25.3 Å². The number of piperidine rings is 1. The summed E-state index contributed by atoms with van der Waals surface area (Å²) in [7, 11) is 0. The molecular weight excluding hydrogens is 288 g/mol. The fourth-order valence-electron chi connectivity index (χ4n) is 3.14. The highest BCUT2D eigenvalue weighted by Crippen LogP contribution is 2.21. The van der Waals surface area contributed by atoms with E-state index in [0.717, 1.165) is 25.9 Å².